The summed E-state index contributed by atoms with van der Waals surface area (Å²) in [6, 6.07) is 19.3. The first-order chi connectivity index (χ1) is 20.1. The number of rotatable bonds is 12. The number of ether oxygens (including phenoxy) is 1. The van der Waals surface area contributed by atoms with Crippen molar-refractivity contribution in [3.8, 4) is 5.75 Å². The molecule has 0 unspecified atom stereocenters. The number of sulfonamides is 1. The van der Waals surface area contributed by atoms with Gasteiger partial charge in [0.05, 0.1) is 17.7 Å². The minimum Gasteiger partial charge on any atom is -0.497 e. The van der Waals surface area contributed by atoms with Crippen molar-refractivity contribution in [2.24, 2.45) is 0 Å². The molecule has 4 rings (SSSR count). The number of nitrogens with one attached hydrogen (secondary N) is 1. The van der Waals surface area contributed by atoms with E-state index in [9.17, 15) is 18.0 Å². The smallest absolute Gasteiger partial charge is 0.264 e. The number of methoxy groups -OCH3 is 1. The van der Waals surface area contributed by atoms with Crippen molar-refractivity contribution in [1.29, 1.82) is 0 Å². The Morgan fingerprint density at radius 2 is 1.60 bits per heavy atom. The molecule has 0 aromatic heterocycles. The van der Waals surface area contributed by atoms with Crippen LogP contribution in [-0.2, 0) is 26.2 Å². The molecule has 42 heavy (non-hydrogen) atoms. The van der Waals surface area contributed by atoms with Gasteiger partial charge in [-0.1, -0.05) is 61.2 Å². The van der Waals surface area contributed by atoms with E-state index in [0.29, 0.717) is 17.2 Å². The van der Waals surface area contributed by atoms with E-state index in [4.69, 9.17) is 16.3 Å². The van der Waals surface area contributed by atoms with E-state index in [2.05, 4.69) is 5.32 Å². The van der Waals surface area contributed by atoms with Gasteiger partial charge in [0.2, 0.25) is 11.8 Å². The molecule has 0 saturated heterocycles. The highest BCUT2D eigenvalue weighted by Crippen LogP contribution is 2.27. The number of aryl methyl sites for hydroxylation is 1. The van der Waals surface area contributed by atoms with E-state index in [-0.39, 0.29) is 29.1 Å². The Morgan fingerprint density at radius 3 is 2.17 bits per heavy atom. The van der Waals surface area contributed by atoms with Gasteiger partial charge in [0.15, 0.2) is 0 Å². The summed E-state index contributed by atoms with van der Waals surface area (Å²) in [6.07, 6.45) is 4.33. The average Bonchev–Trinajstić information content (AvgIpc) is 3.50. The van der Waals surface area contributed by atoms with Crippen molar-refractivity contribution in [1.82, 2.24) is 10.2 Å². The second kappa shape index (κ2) is 14.1. The van der Waals surface area contributed by atoms with Gasteiger partial charge in [-0.2, -0.15) is 0 Å². The summed E-state index contributed by atoms with van der Waals surface area (Å²) in [6.45, 7) is 3.49. The maximum absolute atomic E-state index is 14.2. The number of amides is 2. The number of hydrogen-bond donors (Lipinski definition) is 1. The zero-order chi connectivity index (χ0) is 30.3. The van der Waals surface area contributed by atoms with Crippen molar-refractivity contribution >= 4 is 39.1 Å². The van der Waals surface area contributed by atoms with Gasteiger partial charge in [0, 0.05) is 17.6 Å². The summed E-state index contributed by atoms with van der Waals surface area (Å²) < 4.78 is 34.2. The molecule has 8 nitrogen and oxygen atoms in total. The molecule has 3 aromatic rings. The van der Waals surface area contributed by atoms with Gasteiger partial charge >= 0.3 is 0 Å². The van der Waals surface area contributed by atoms with E-state index >= 15 is 0 Å². The van der Waals surface area contributed by atoms with Crippen LogP contribution in [0, 0.1) is 6.92 Å². The van der Waals surface area contributed by atoms with E-state index in [1.54, 1.807) is 36.4 Å². The SMILES string of the molecule is CC[C@@H](C(=O)NC1CCCC1)N(Cc1ccc(C)cc1)C(=O)CN(c1ccc(Cl)cc1)S(=O)(=O)c1ccc(OC)cc1. The molecule has 10 heteroatoms. The van der Waals surface area contributed by atoms with Crippen LogP contribution in [0.4, 0.5) is 5.69 Å². The number of nitrogens with zero attached hydrogens (tertiary/aromatic N) is 2. The quantitative estimate of drug-likeness (QED) is 0.283. The first kappa shape index (κ1) is 31.4. The predicted molar refractivity (Wildman–Crippen MR) is 165 cm³/mol. The summed E-state index contributed by atoms with van der Waals surface area (Å²) in [4.78, 5) is 29.2. The molecule has 1 saturated carbocycles. The summed E-state index contributed by atoms with van der Waals surface area (Å²) in [5, 5.41) is 3.56. The van der Waals surface area contributed by atoms with Crippen molar-refractivity contribution in [3.05, 3.63) is 88.9 Å². The average molecular weight is 612 g/mol. The van der Waals surface area contributed by atoms with Crippen molar-refractivity contribution < 1.29 is 22.7 Å². The molecular weight excluding hydrogens is 574 g/mol. The lowest BCUT2D eigenvalue weighted by atomic mass is 10.1. The van der Waals surface area contributed by atoms with Crippen LogP contribution in [0.25, 0.3) is 0 Å². The molecule has 1 aliphatic rings. The molecule has 1 N–H and O–H groups in total. The molecule has 0 bridgehead atoms. The Morgan fingerprint density at radius 1 is 0.976 bits per heavy atom. The number of benzene rings is 3. The van der Waals surface area contributed by atoms with Crippen LogP contribution in [0.2, 0.25) is 5.02 Å². The minimum absolute atomic E-state index is 0.00199. The third kappa shape index (κ3) is 7.63. The fraction of sp³-hybridized carbons (Fsp3) is 0.375. The third-order valence-corrected chi connectivity index (χ3v) is 9.64. The lowest BCUT2D eigenvalue weighted by Crippen LogP contribution is -2.53. The Kier molecular flexibility index (Phi) is 10.5. The second-order valence-electron chi connectivity index (χ2n) is 10.6. The third-order valence-electron chi connectivity index (χ3n) is 7.60. The molecule has 1 aliphatic carbocycles. The molecule has 1 atom stereocenters. The largest absolute Gasteiger partial charge is 0.497 e. The first-order valence-electron chi connectivity index (χ1n) is 14.2. The fourth-order valence-corrected chi connectivity index (χ4v) is 6.73. The Bertz CT molecular complexity index is 1460. The zero-order valence-corrected chi connectivity index (χ0v) is 25.8. The van der Waals surface area contributed by atoms with Gasteiger partial charge in [-0.25, -0.2) is 8.42 Å². The van der Waals surface area contributed by atoms with Crippen LogP contribution in [0.3, 0.4) is 0 Å². The maximum atomic E-state index is 14.2. The van der Waals surface area contributed by atoms with Crippen LogP contribution in [0.15, 0.2) is 77.7 Å². The monoisotopic (exact) mass is 611 g/mol. The molecule has 0 heterocycles. The first-order valence-corrected chi connectivity index (χ1v) is 16.0. The van der Waals surface area contributed by atoms with Crippen molar-refractivity contribution in [2.45, 2.75) is 69.5 Å². The van der Waals surface area contributed by atoms with Gasteiger partial charge in [-0.3, -0.25) is 13.9 Å². The van der Waals surface area contributed by atoms with E-state index in [1.807, 2.05) is 38.1 Å². The summed E-state index contributed by atoms with van der Waals surface area (Å²) in [5.41, 5.74) is 2.20. The van der Waals surface area contributed by atoms with E-state index < -0.39 is 28.5 Å². The molecule has 1 fully saturated rings. The van der Waals surface area contributed by atoms with Crippen LogP contribution < -0.4 is 14.4 Å². The van der Waals surface area contributed by atoms with Gasteiger partial charge < -0.3 is 15.0 Å². The summed E-state index contributed by atoms with van der Waals surface area (Å²) in [5.74, 6) is -0.205. The molecule has 0 radical (unpaired) electrons. The van der Waals surface area contributed by atoms with Crippen LogP contribution in [0.5, 0.6) is 5.75 Å². The second-order valence-corrected chi connectivity index (χ2v) is 12.9. The molecule has 3 aromatic carbocycles. The fourth-order valence-electron chi connectivity index (χ4n) is 5.19. The topological polar surface area (TPSA) is 96.0 Å². The van der Waals surface area contributed by atoms with E-state index in [0.717, 1.165) is 41.1 Å². The molecule has 224 valence electrons. The number of halogens is 1. The Balaban J connectivity index is 1.70. The normalized spacial score (nSPS) is 14.3. The van der Waals surface area contributed by atoms with Crippen molar-refractivity contribution in [3.63, 3.8) is 0 Å². The van der Waals surface area contributed by atoms with Gasteiger partial charge in [-0.15, -0.1) is 0 Å². The number of anilines is 1. The highest BCUT2D eigenvalue weighted by Gasteiger charge is 2.34. The van der Waals surface area contributed by atoms with Crippen LogP contribution >= 0.6 is 11.6 Å². The number of carbonyl (C=O) groups is 2. The van der Waals surface area contributed by atoms with Crippen LogP contribution in [-0.4, -0.2) is 50.9 Å². The molecular formula is C32H38ClN3O5S. The zero-order valence-electron chi connectivity index (χ0n) is 24.3. The Labute approximate surface area is 253 Å². The molecule has 0 spiro atoms. The standard InChI is InChI=1S/C32H38ClN3O5S/c1-4-30(32(38)34-26-7-5-6-8-26)35(21-24-11-9-23(2)10-12-24)31(37)22-36(27-15-13-25(33)14-16-27)42(39,40)29-19-17-28(41-3)18-20-29/h9-20,26,30H,4-8,21-22H2,1-3H3,(H,34,38)/t30-/m0/s1. The Hall–Kier alpha value is -3.56. The van der Waals surface area contributed by atoms with Gasteiger partial charge in [0.1, 0.15) is 18.3 Å². The highest BCUT2D eigenvalue weighted by atomic mass is 35.5. The predicted octanol–water partition coefficient (Wildman–Crippen LogP) is 5.72. The lowest BCUT2D eigenvalue weighted by molar-refractivity contribution is -0.140. The molecule has 2 amide bonds. The van der Waals surface area contributed by atoms with E-state index in [1.165, 1.54) is 24.1 Å². The minimum atomic E-state index is -4.18. The molecule has 0 aliphatic heterocycles. The van der Waals surface area contributed by atoms with Gasteiger partial charge in [0.25, 0.3) is 10.0 Å². The number of hydrogen-bond acceptors (Lipinski definition) is 5. The van der Waals surface area contributed by atoms with Crippen LogP contribution in [0.1, 0.15) is 50.2 Å². The lowest BCUT2D eigenvalue weighted by Gasteiger charge is -2.33. The van der Waals surface area contributed by atoms with Crippen molar-refractivity contribution in [2.75, 3.05) is 18.0 Å². The maximum Gasteiger partial charge on any atom is 0.264 e. The summed E-state index contributed by atoms with van der Waals surface area (Å²) >= 11 is 6.10. The highest BCUT2D eigenvalue weighted by molar-refractivity contribution is 7.92. The van der Waals surface area contributed by atoms with Gasteiger partial charge in [-0.05, 0) is 80.3 Å². The number of carbonyl (C=O) groups excluding carboxylic acids is 2. The summed E-state index contributed by atoms with van der Waals surface area (Å²) in [7, 11) is -2.69.